The third-order valence-corrected chi connectivity index (χ3v) is 4.06. The zero-order chi connectivity index (χ0) is 10.9. The molecule has 0 heterocycles. The Labute approximate surface area is 92.8 Å². The average molecular weight is 241 g/mol. The molecule has 0 aliphatic carbocycles. The molecule has 0 fully saturated rings. The second-order valence-electron chi connectivity index (χ2n) is 3.03. The normalized spacial score (nSPS) is 12.0. The molecule has 5 heteroatoms. The molecule has 14 heavy (non-hydrogen) atoms. The van der Waals surface area contributed by atoms with E-state index in [0.717, 1.165) is 19.3 Å². The van der Waals surface area contributed by atoms with Crippen molar-refractivity contribution in [1.29, 1.82) is 0 Å². The van der Waals surface area contributed by atoms with E-state index in [9.17, 15) is 0 Å². The minimum Gasteiger partial charge on any atom is -0.362 e. The zero-order valence-corrected chi connectivity index (χ0v) is 11.1. The molecule has 0 saturated heterocycles. The minimum atomic E-state index is -2.84. The quantitative estimate of drug-likeness (QED) is 0.458. The lowest BCUT2D eigenvalue weighted by atomic mass is 10.5. The van der Waals surface area contributed by atoms with Crippen LogP contribution in [-0.4, -0.2) is 27.9 Å². The Morgan fingerprint density at radius 2 is 1.07 bits per heavy atom. The fraction of sp³-hybridized carbons (Fsp3) is 1.00. The molecule has 0 rings (SSSR count). The molecule has 0 bridgehead atoms. The summed E-state index contributed by atoms with van der Waals surface area (Å²) in [4.78, 5) is 0. The summed E-state index contributed by atoms with van der Waals surface area (Å²) < 4.78 is 16.3. The summed E-state index contributed by atoms with van der Waals surface area (Å²) in [6.07, 6.45) is 2.77. The molecule has 0 amide bonds. The van der Waals surface area contributed by atoms with Crippen molar-refractivity contribution in [2.75, 3.05) is 19.8 Å². The lowest BCUT2D eigenvalue weighted by Gasteiger charge is -2.22. The van der Waals surface area contributed by atoms with Crippen molar-refractivity contribution in [3.63, 3.8) is 0 Å². The van der Waals surface area contributed by atoms with Gasteiger partial charge in [-0.1, -0.05) is 31.9 Å². The predicted molar refractivity (Wildman–Crippen MR) is 60.3 cm³/mol. The Hall–Kier alpha value is 0.387. The van der Waals surface area contributed by atoms with Crippen molar-refractivity contribution in [3.05, 3.63) is 0 Å². The van der Waals surface area contributed by atoms with Gasteiger partial charge in [-0.15, -0.1) is 0 Å². The first-order valence-electron chi connectivity index (χ1n) is 5.29. The molecular formula is C9H21ClO3Si. The average Bonchev–Trinajstić information content (AvgIpc) is 2.21. The standard InChI is InChI=1S/C9H21ClO3Si/c1-4-7-11-14(10,12-8-5-2)13-9-6-3/h4-9H2,1-3H3. The van der Waals surface area contributed by atoms with E-state index in [1.165, 1.54) is 0 Å². The summed E-state index contributed by atoms with van der Waals surface area (Å²) in [6, 6.07) is 0. The van der Waals surface area contributed by atoms with Gasteiger partial charge in [0.2, 0.25) is 0 Å². The molecule has 0 aliphatic rings. The van der Waals surface area contributed by atoms with Gasteiger partial charge in [-0.05, 0) is 19.3 Å². The Bertz CT molecular complexity index is 113. The molecule has 0 N–H and O–H groups in total. The first-order chi connectivity index (χ1) is 6.68. The van der Waals surface area contributed by atoms with Gasteiger partial charge in [-0.25, -0.2) is 0 Å². The van der Waals surface area contributed by atoms with E-state index < -0.39 is 8.11 Å². The molecule has 86 valence electrons. The van der Waals surface area contributed by atoms with Crippen LogP contribution in [0, 0.1) is 0 Å². The number of rotatable bonds is 9. The maximum atomic E-state index is 6.15. The topological polar surface area (TPSA) is 27.7 Å². The number of hydrogen-bond donors (Lipinski definition) is 0. The van der Waals surface area contributed by atoms with Crippen LogP contribution in [-0.2, 0) is 13.3 Å². The van der Waals surface area contributed by atoms with Crippen LogP contribution in [0.25, 0.3) is 0 Å². The smallest absolute Gasteiger partial charge is 0.362 e. The second-order valence-corrected chi connectivity index (χ2v) is 6.24. The molecule has 0 radical (unpaired) electrons. The van der Waals surface area contributed by atoms with Crippen LogP contribution in [0.2, 0.25) is 0 Å². The summed E-state index contributed by atoms with van der Waals surface area (Å²) in [5.41, 5.74) is 0. The fourth-order valence-corrected chi connectivity index (χ4v) is 3.09. The molecule has 0 atom stereocenters. The van der Waals surface area contributed by atoms with Gasteiger partial charge < -0.3 is 13.3 Å². The van der Waals surface area contributed by atoms with Crippen LogP contribution in [0.1, 0.15) is 40.0 Å². The van der Waals surface area contributed by atoms with Crippen molar-refractivity contribution in [2.45, 2.75) is 40.0 Å². The second kappa shape index (κ2) is 8.68. The van der Waals surface area contributed by atoms with Crippen LogP contribution in [0.15, 0.2) is 0 Å². The summed E-state index contributed by atoms with van der Waals surface area (Å²) in [7, 11) is -2.84. The van der Waals surface area contributed by atoms with Gasteiger partial charge >= 0.3 is 8.11 Å². The SMILES string of the molecule is CCCO[Si](Cl)(OCCC)OCCC. The highest BCUT2D eigenvalue weighted by Gasteiger charge is 2.39. The van der Waals surface area contributed by atoms with Gasteiger partial charge in [0.25, 0.3) is 0 Å². The van der Waals surface area contributed by atoms with E-state index in [0.29, 0.717) is 19.8 Å². The van der Waals surface area contributed by atoms with Gasteiger partial charge in [0.15, 0.2) is 0 Å². The Morgan fingerprint density at radius 3 is 1.29 bits per heavy atom. The monoisotopic (exact) mass is 240 g/mol. The van der Waals surface area contributed by atoms with E-state index >= 15 is 0 Å². The Morgan fingerprint density at radius 1 is 0.786 bits per heavy atom. The molecular weight excluding hydrogens is 220 g/mol. The van der Waals surface area contributed by atoms with Gasteiger partial charge in [-0.3, -0.25) is 0 Å². The molecule has 0 saturated carbocycles. The third-order valence-electron chi connectivity index (χ3n) is 1.44. The van der Waals surface area contributed by atoms with Gasteiger partial charge in [0, 0.05) is 19.8 Å². The van der Waals surface area contributed by atoms with E-state index in [-0.39, 0.29) is 0 Å². The van der Waals surface area contributed by atoms with Crippen molar-refractivity contribution >= 4 is 19.2 Å². The summed E-state index contributed by atoms with van der Waals surface area (Å²) >= 11 is 6.15. The Kier molecular flexibility index (Phi) is 8.92. The molecule has 0 aromatic heterocycles. The van der Waals surface area contributed by atoms with Crippen LogP contribution in [0.5, 0.6) is 0 Å². The van der Waals surface area contributed by atoms with Gasteiger partial charge in [0.05, 0.1) is 0 Å². The van der Waals surface area contributed by atoms with Crippen molar-refractivity contribution < 1.29 is 13.3 Å². The van der Waals surface area contributed by atoms with Crippen LogP contribution in [0.3, 0.4) is 0 Å². The molecule has 0 spiro atoms. The van der Waals surface area contributed by atoms with Crippen LogP contribution < -0.4 is 0 Å². The van der Waals surface area contributed by atoms with E-state index in [2.05, 4.69) is 0 Å². The predicted octanol–water partition coefficient (Wildman–Crippen LogP) is 2.94. The lowest BCUT2D eigenvalue weighted by molar-refractivity contribution is 0.0812. The van der Waals surface area contributed by atoms with Crippen LogP contribution in [0.4, 0.5) is 0 Å². The van der Waals surface area contributed by atoms with E-state index in [1.54, 1.807) is 0 Å². The third kappa shape index (κ3) is 6.78. The highest BCUT2D eigenvalue weighted by atomic mass is 35.6. The van der Waals surface area contributed by atoms with Crippen molar-refractivity contribution in [1.82, 2.24) is 0 Å². The summed E-state index contributed by atoms with van der Waals surface area (Å²) in [5, 5.41) is 0. The maximum Gasteiger partial charge on any atom is 0.613 e. The molecule has 0 aliphatic heterocycles. The largest absolute Gasteiger partial charge is 0.613 e. The summed E-state index contributed by atoms with van der Waals surface area (Å²) in [6.45, 7) is 7.90. The number of halogens is 1. The first kappa shape index (κ1) is 14.4. The van der Waals surface area contributed by atoms with Crippen molar-refractivity contribution in [2.24, 2.45) is 0 Å². The van der Waals surface area contributed by atoms with Crippen molar-refractivity contribution in [3.8, 4) is 0 Å². The molecule has 3 nitrogen and oxygen atoms in total. The van der Waals surface area contributed by atoms with E-state index in [4.69, 9.17) is 24.4 Å². The molecule has 0 aromatic rings. The minimum absolute atomic E-state index is 0.600. The van der Waals surface area contributed by atoms with Gasteiger partial charge in [-0.2, -0.15) is 0 Å². The zero-order valence-electron chi connectivity index (χ0n) is 9.35. The Balaban J connectivity index is 3.89. The summed E-state index contributed by atoms with van der Waals surface area (Å²) in [5.74, 6) is 0. The first-order valence-corrected chi connectivity index (χ1v) is 8.03. The lowest BCUT2D eigenvalue weighted by Crippen LogP contribution is -2.40. The maximum absolute atomic E-state index is 6.15. The number of hydrogen-bond acceptors (Lipinski definition) is 3. The highest BCUT2D eigenvalue weighted by molar-refractivity contribution is 7.09. The van der Waals surface area contributed by atoms with Crippen LogP contribution >= 0.6 is 11.1 Å². The fourth-order valence-electron chi connectivity index (χ4n) is 0.797. The van der Waals surface area contributed by atoms with Gasteiger partial charge in [0.1, 0.15) is 0 Å². The molecule has 0 unspecified atom stereocenters. The van der Waals surface area contributed by atoms with E-state index in [1.807, 2.05) is 20.8 Å². The molecule has 0 aromatic carbocycles. The highest BCUT2D eigenvalue weighted by Crippen LogP contribution is 2.16.